The molecule has 0 saturated carbocycles. The molecule has 4 aromatic rings. The van der Waals surface area contributed by atoms with Crippen molar-refractivity contribution in [3.05, 3.63) is 88.5 Å². The maximum Gasteiger partial charge on any atom is 0.269 e. The summed E-state index contributed by atoms with van der Waals surface area (Å²) in [5.74, 6) is 1.58. The maximum absolute atomic E-state index is 10.7. The van der Waals surface area contributed by atoms with Crippen molar-refractivity contribution in [2.24, 2.45) is 0 Å². The molecule has 0 amide bonds. The van der Waals surface area contributed by atoms with Gasteiger partial charge < -0.3 is 8.83 Å². The fourth-order valence-electron chi connectivity index (χ4n) is 2.54. The molecule has 8 heteroatoms. The van der Waals surface area contributed by atoms with Crippen molar-refractivity contribution in [2.45, 2.75) is 0 Å². The molecule has 0 bridgehead atoms. The summed E-state index contributed by atoms with van der Waals surface area (Å²) < 4.78 is 11.3. The monoisotopic (exact) mass is 393 g/mol. The smallest absolute Gasteiger partial charge is 0.269 e. The van der Waals surface area contributed by atoms with Gasteiger partial charge in [0, 0.05) is 29.3 Å². The number of nitro groups is 1. The van der Waals surface area contributed by atoms with Crippen molar-refractivity contribution in [1.29, 1.82) is 0 Å². The first-order chi connectivity index (χ1) is 13.6. The second-order valence-electron chi connectivity index (χ2n) is 5.78. The fourth-order valence-corrected chi connectivity index (χ4v) is 2.72. The van der Waals surface area contributed by atoms with Crippen LogP contribution in [0.5, 0.6) is 0 Å². The van der Waals surface area contributed by atoms with Gasteiger partial charge in [-0.3, -0.25) is 10.1 Å². The van der Waals surface area contributed by atoms with Crippen LogP contribution in [-0.4, -0.2) is 15.1 Å². The van der Waals surface area contributed by atoms with Crippen LogP contribution in [0.4, 0.5) is 5.69 Å². The maximum atomic E-state index is 10.7. The van der Waals surface area contributed by atoms with Crippen LogP contribution in [0.2, 0.25) is 0 Å². The zero-order chi connectivity index (χ0) is 19.5. The summed E-state index contributed by atoms with van der Waals surface area (Å²) in [5.41, 5.74) is 1.53. The van der Waals surface area contributed by atoms with Gasteiger partial charge in [-0.2, -0.15) is 0 Å². The summed E-state index contributed by atoms with van der Waals surface area (Å²) in [4.78, 5) is 10.3. The quantitative estimate of drug-likeness (QED) is 0.321. The Morgan fingerprint density at radius 2 is 1.68 bits per heavy atom. The van der Waals surface area contributed by atoms with Crippen LogP contribution in [0.25, 0.3) is 33.9 Å². The molecule has 7 nitrogen and oxygen atoms in total. The lowest BCUT2D eigenvalue weighted by molar-refractivity contribution is -0.384. The molecule has 0 N–H and O–H groups in total. The highest BCUT2D eigenvalue weighted by Gasteiger charge is 2.13. The van der Waals surface area contributed by atoms with E-state index in [0.29, 0.717) is 23.0 Å². The molecule has 4 rings (SSSR count). The molecular formula is C20H12ClN3O4. The number of rotatable bonds is 5. The number of hydrogen-bond acceptors (Lipinski definition) is 6. The Hall–Kier alpha value is -3.71. The minimum Gasteiger partial charge on any atom is -0.457 e. The van der Waals surface area contributed by atoms with Crippen LogP contribution in [0, 0.1) is 10.1 Å². The Bertz CT molecular complexity index is 1150. The van der Waals surface area contributed by atoms with E-state index in [9.17, 15) is 10.1 Å². The third kappa shape index (κ3) is 3.70. The van der Waals surface area contributed by atoms with E-state index in [1.54, 1.807) is 30.3 Å². The average Bonchev–Trinajstić information content (AvgIpc) is 3.39. The van der Waals surface area contributed by atoms with E-state index in [1.165, 1.54) is 12.1 Å². The van der Waals surface area contributed by atoms with Crippen LogP contribution in [0.3, 0.4) is 0 Å². The summed E-state index contributed by atoms with van der Waals surface area (Å²) in [6.07, 6.45) is 1.57. The molecule has 0 aliphatic carbocycles. The Kier molecular flexibility index (Phi) is 4.74. The van der Waals surface area contributed by atoms with Gasteiger partial charge in [-0.25, -0.2) is 0 Å². The van der Waals surface area contributed by atoms with Gasteiger partial charge >= 0.3 is 0 Å². The van der Waals surface area contributed by atoms with Gasteiger partial charge in [-0.1, -0.05) is 29.8 Å². The molecule has 2 heterocycles. The lowest BCUT2D eigenvalue weighted by Gasteiger charge is -1.96. The second kappa shape index (κ2) is 7.50. The van der Waals surface area contributed by atoms with E-state index in [0.717, 1.165) is 5.56 Å². The molecule has 0 fully saturated rings. The fraction of sp³-hybridized carbons (Fsp3) is 0. The Labute approximate surface area is 164 Å². The van der Waals surface area contributed by atoms with Crippen molar-refractivity contribution in [3.63, 3.8) is 0 Å². The molecule has 0 atom stereocenters. The van der Waals surface area contributed by atoms with Crippen molar-refractivity contribution in [1.82, 2.24) is 10.2 Å². The number of nitro benzene ring substituents is 1. The van der Waals surface area contributed by atoms with Crippen LogP contribution in [-0.2, 0) is 0 Å². The summed E-state index contributed by atoms with van der Waals surface area (Å²) in [6.45, 7) is 0. The first-order valence-electron chi connectivity index (χ1n) is 8.21. The molecule has 0 radical (unpaired) electrons. The van der Waals surface area contributed by atoms with Crippen molar-refractivity contribution in [2.75, 3.05) is 0 Å². The van der Waals surface area contributed by atoms with Crippen LogP contribution in [0.1, 0.15) is 11.7 Å². The van der Waals surface area contributed by atoms with E-state index in [4.69, 9.17) is 20.4 Å². The third-order valence-corrected chi connectivity index (χ3v) is 4.18. The van der Waals surface area contributed by atoms with E-state index in [-0.39, 0.29) is 16.6 Å². The van der Waals surface area contributed by atoms with Crippen LogP contribution < -0.4 is 0 Å². The van der Waals surface area contributed by atoms with Gasteiger partial charge in [-0.05, 0) is 36.4 Å². The molecular weight excluding hydrogens is 382 g/mol. The minimum absolute atomic E-state index is 0.0177. The lowest BCUT2D eigenvalue weighted by Crippen LogP contribution is -1.86. The first-order valence-corrected chi connectivity index (χ1v) is 8.59. The predicted octanol–water partition coefficient (Wildman–Crippen LogP) is 5.64. The zero-order valence-corrected chi connectivity index (χ0v) is 15.0. The topological polar surface area (TPSA) is 95.2 Å². The molecule has 0 unspecified atom stereocenters. The summed E-state index contributed by atoms with van der Waals surface area (Å²) in [5, 5.41) is 18.9. The van der Waals surface area contributed by atoms with Crippen LogP contribution in [0.15, 0.2) is 75.6 Å². The van der Waals surface area contributed by atoms with Crippen molar-refractivity contribution in [3.8, 4) is 22.8 Å². The summed E-state index contributed by atoms with van der Waals surface area (Å²) in [6, 6.07) is 18.9. The van der Waals surface area contributed by atoms with Crippen molar-refractivity contribution < 1.29 is 13.8 Å². The summed E-state index contributed by atoms with van der Waals surface area (Å²) >= 11 is 6.28. The third-order valence-electron chi connectivity index (χ3n) is 3.91. The minimum atomic E-state index is -0.450. The summed E-state index contributed by atoms with van der Waals surface area (Å²) in [7, 11) is 0. The average molecular weight is 394 g/mol. The number of nitrogens with zero attached hydrogens (tertiary/aromatic N) is 3. The Morgan fingerprint density at radius 1 is 0.929 bits per heavy atom. The van der Waals surface area contributed by atoms with Gasteiger partial charge in [-0.15, -0.1) is 10.2 Å². The van der Waals surface area contributed by atoms with Gasteiger partial charge in [0.25, 0.3) is 11.6 Å². The molecule has 2 aromatic carbocycles. The number of non-ortho nitro benzene ring substituents is 1. The van der Waals surface area contributed by atoms with E-state index >= 15 is 0 Å². The Morgan fingerprint density at radius 3 is 2.39 bits per heavy atom. The normalized spacial score (nSPS) is 11.5. The predicted molar refractivity (Wildman–Crippen MR) is 104 cm³/mol. The standard InChI is InChI=1S/C20H12ClN3O4/c21-17(20-23-22-19(28-20)14-4-2-1-3-5-14)12-16-10-11-18(27-16)13-6-8-15(9-7-13)24(25)26/h1-12H/b17-12-. The number of aromatic nitrogens is 2. The van der Waals surface area contributed by atoms with Gasteiger partial charge in [0.05, 0.1) is 4.92 Å². The van der Waals surface area contributed by atoms with E-state index in [1.807, 2.05) is 30.3 Å². The molecule has 2 aromatic heterocycles. The van der Waals surface area contributed by atoms with Crippen molar-refractivity contribution >= 4 is 28.4 Å². The molecule has 0 aliphatic heterocycles. The highest BCUT2D eigenvalue weighted by Crippen LogP contribution is 2.28. The molecule has 0 saturated heterocycles. The number of furan rings is 1. The van der Waals surface area contributed by atoms with E-state index in [2.05, 4.69) is 10.2 Å². The van der Waals surface area contributed by atoms with Gasteiger partial charge in [0.2, 0.25) is 5.89 Å². The molecule has 0 aliphatic rings. The number of halogens is 1. The highest BCUT2D eigenvalue weighted by molar-refractivity contribution is 6.50. The molecule has 28 heavy (non-hydrogen) atoms. The first kappa shape index (κ1) is 17.7. The molecule has 0 spiro atoms. The van der Waals surface area contributed by atoms with Gasteiger partial charge in [0.15, 0.2) is 0 Å². The Balaban J connectivity index is 1.55. The van der Waals surface area contributed by atoms with E-state index < -0.39 is 4.92 Å². The van der Waals surface area contributed by atoms with Crippen LogP contribution >= 0.6 is 11.6 Å². The number of benzene rings is 2. The lowest BCUT2D eigenvalue weighted by atomic mass is 10.1. The largest absolute Gasteiger partial charge is 0.457 e. The highest BCUT2D eigenvalue weighted by atomic mass is 35.5. The SMILES string of the molecule is O=[N+]([O-])c1ccc(-c2ccc(/C=C(\Cl)c3nnc(-c4ccccc4)o3)o2)cc1. The second-order valence-corrected chi connectivity index (χ2v) is 6.18. The molecule has 138 valence electrons. The zero-order valence-electron chi connectivity index (χ0n) is 14.3. The van der Waals surface area contributed by atoms with Gasteiger partial charge in [0.1, 0.15) is 16.6 Å². The number of hydrogen-bond donors (Lipinski definition) is 0.